The number of rotatable bonds is 14. The normalized spacial score (nSPS) is 15.5. The molecule has 4 rings (SSSR count). The number of nitrogens with zero attached hydrogens (tertiary/aromatic N) is 2. The molecule has 39 heavy (non-hydrogen) atoms. The van der Waals surface area contributed by atoms with Crippen LogP contribution in [0, 0.1) is 5.92 Å². The highest BCUT2D eigenvalue weighted by Crippen LogP contribution is 2.39. The van der Waals surface area contributed by atoms with E-state index in [1.807, 2.05) is 12.1 Å². The van der Waals surface area contributed by atoms with E-state index in [-0.39, 0.29) is 17.5 Å². The fourth-order valence-corrected chi connectivity index (χ4v) is 5.09. The van der Waals surface area contributed by atoms with E-state index in [4.69, 9.17) is 21.4 Å². The van der Waals surface area contributed by atoms with E-state index < -0.39 is 0 Å². The van der Waals surface area contributed by atoms with Crippen LogP contribution in [0.3, 0.4) is 0 Å². The van der Waals surface area contributed by atoms with Gasteiger partial charge in [0, 0.05) is 56.8 Å². The van der Waals surface area contributed by atoms with E-state index >= 15 is 0 Å². The first-order valence-corrected chi connectivity index (χ1v) is 14.7. The van der Waals surface area contributed by atoms with Crippen LogP contribution in [-0.4, -0.2) is 61.2 Å². The number of ether oxygens (including phenoxy) is 1. The molecule has 0 radical (unpaired) electrons. The van der Waals surface area contributed by atoms with Crippen molar-refractivity contribution in [2.24, 2.45) is 5.92 Å². The van der Waals surface area contributed by atoms with E-state index in [1.165, 1.54) is 6.26 Å². The van der Waals surface area contributed by atoms with Gasteiger partial charge in [-0.2, -0.15) is 0 Å². The minimum absolute atomic E-state index is 0.181. The number of hydrogen-bond donors (Lipinski definition) is 3. The zero-order chi connectivity index (χ0) is 27.6. The number of carbonyl (C=O) groups is 2. The molecule has 0 spiro atoms. The van der Waals surface area contributed by atoms with E-state index in [0.717, 1.165) is 81.9 Å². The lowest BCUT2D eigenvalue weighted by molar-refractivity contribution is 0.0826. The Morgan fingerprint density at radius 1 is 1.03 bits per heavy atom. The molecule has 1 aliphatic heterocycles. The maximum atomic E-state index is 13.1. The molecule has 9 nitrogen and oxygen atoms in total. The molecule has 1 aliphatic carbocycles. The number of nitrogens with one attached hydrogen (secondary N) is 3. The fraction of sp³-hybridized carbons (Fsp3) is 0.586. The second-order valence-corrected chi connectivity index (χ2v) is 10.7. The van der Waals surface area contributed by atoms with Gasteiger partial charge in [-0.25, -0.2) is 4.98 Å². The Morgan fingerprint density at radius 3 is 2.44 bits per heavy atom. The number of carbonyl (C=O) groups excluding carboxylic acids is 2. The van der Waals surface area contributed by atoms with Crippen molar-refractivity contribution in [1.29, 1.82) is 0 Å². The first kappa shape index (κ1) is 29.0. The highest BCUT2D eigenvalue weighted by Gasteiger charge is 2.29. The topological polar surface area (TPSA) is 109 Å². The quantitative estimate of drug-likeness (QED) is 0.223. The van der Waals surface area contributed by atoms with Crippen molar-refractivity contribution in [3.8, 4) is 0 Å². The molecule has 0 atom stereocenters. The van der Waals surface area contributed by atoms with E-state index in [0.29, 0.717) is 42.1 Å². The van der Waals surface area contributed by atoms with E-state index in [2.05, 4.69) is 39.7 Å². The standard InChI is InChI=1S/C29H41N5O4S/c1-3-14-34(15-4-2)25-9-8-22(18-23(25)32-27(36)24-19-38-28(33-24)20-6-7-20)26(35)30-12-5-13-31-29(39)21-10-16-37-17-11-21/h8-9,18-21H,3-7,10-17H2,1-2H3,(H,30,35)(H,31,39)(H,32,36). The average molecular weight is 556 g/mol. The molecule has 2 aromatic rings. The zero-order valence-electron chi connectivity index (χ0n) is 23.1. The minimum Gasteiger partial charge on any atom is -0.448 e. The minimum atomic E-state index is -0.344. The predicted octanol–water partition coefficient (Wildman–Crippen LogP) is 4.89. The Bertz CT molecular complexity index is 1120. The van der Waals surface area contributed by atoms with Crippen LogP contribution < -0.4 is 20.9 Å². The summed E-state index contributed by atoms with van der Waals surface area (Å²) in [6.45, 7) is 8.70. The molecule has 1 saturated carbocycles. The van der Waals surface area contributed by atoms with Gasteiger partial charge in [0.05, 0.1) is 16.4 Å². The number of oxazole rings is 1. The molecule has 1 aromatic heterocycles. The summed E-state index contributed by atoms with van der Waals surface area (Å²) >= 11 is 5.52. The van der Waals surface area contributed by atoms with Crippen molar-refractivity contribution in [3.63, 3.8) is 0 Å². The number of aromatic nitrogens is 1. The van der Waals surface area contributed by atoms with Gasteiger partial charge in [0.1, 0.15) is 6.26 Å². The number of thiocarbonyl (C=S) groups is 1. The number of anilines is 2. The summed E-state index contributed by atoms with van der Waals surface area (Å²) in [6, 6.07) is 5.49. The Labute approximate surface area is 236 Å². The molecule has 212 valence electrons. The third kappa shape index (κ3) is 8.25. The Morgan fingerprint density at radius 2 is 1.74 bits per heavy atom. The number of amides is 2. The molecule has 1 saturated heterocycles. The summed E-state index contributed by atoms with van der Waals surface area (Å²) in [5, 5.41) is 9.31. The third-order valence-corrected chi connectivity index (χ3v) is 7.52. The van der Waals surface area contributed by atoms with E-state index in [1.54, 1.807) is 6.07 Å². The summed E-state index contributed by atoms with van der Waals surface area (Å²) in [4.78, 5) is 33.6. The lowest BCUT2D eigenvalue weighted by Gasteiger charge is -2.26. The first-order chi connectivity index (χ1) is 19.0. The lowest BCUT2D eigenvalue weighted by Crippen LogP contribution is -2.35. The van der Waals surface area contributed by atoms with Gasteiger partial charge in [0.2, 0.25) is 0 Å². The van der Waals surface area contributed by atoms with Crippen LogP contribution in [0.1, 0.15) is 91.4 Å². The molecule has 3 N–H and O–H groups in total. The Balaban J connectivity index is 1.37. The molecule has 2 aliphatic rings. The average Bonchev–Trinajstić information content (AvgIpc) is 3.68. The Hall–Kier alpha value is -2.98. The van der Waals surface area contributed by atoms with Gasteiger partial charge < -0.3 is 30.0 Å². The SMILES string of the molecule is CCCN(CCC)c1ccc(C(=O)NCCCNC(=S)C2CCOCC2)cc1NC(=O)c1coc(C2CC2)n1. The highest BCUT2D eigenvalue weighted by atomic mass is 32.1. The monoisotopic (exact) mass is 555 g/mol. The van der Waals surface area contributed by atoms with Gasteiger partial charge in [-0.3, -0.25) is 9.59 Å². The molecule has 0 bridgehead atoms. The Kier molecular flexibility index (Phi) is 10.7. The van der Waals surface area contributed by atoms with Crippen LogP contribution in [0.5, 0.6) is 0 Å². The predicted molar refractivity (Wildman–Crippen MR) is 157 cm³/mol. The largest absolute Gasteiger partial charge is 0.448 e. The molecule has 0 unspecified atom stereocenters. The van der Waals surface area contributed by atoms with Crippen molar-refractivity contribution >= 4 is 40.4 Å². The molecule has 2 fully saturated rings. The van der Waals surface area contributed by atoms with Crippen molar-refractivity contribution in [3.05, 3.63) is 41.6 Å². The van der Waals surface area contributed by atoms with Crippen molar-refractivity contribution in [1.82, 2.24) is 15.6 Å². The summed E-state index contributed by atoms with van der Waals surface area (Å²) in [5.74, 6) is 0.803. The van der Waals surface area contributed by atoms with Crippen LogP contribution in [0.15, 0.2) is 28.9 Å². The lowest BCUT2D eigenvalue weighted by atomic mass is 10.0. The number of benzene rings is 1. The molecule has 2 heterocycles. The summed E-state index contributed by atoms with van der Waals surface area (Å²) in [5.41, 5.74) is 2.22. The van der Waals surface area contributed by atoms with Crippen LogP contribution >= 0.6 is 12.2 Å². The zero-order valence-corrected chi connectivity index (χ0v) is 23.9. The van der Waals surface area contributed by atoms with Gasteiger partial charge in [-0.05, 0) is 63.1 Å². The second-order valence-electron chi connectivity index (χ2n) is 10.3. The maximum Gasteiger partial charge on any atom is 0.277 e. The van der Waals surface area contributed by atoms with Crippen molar-refractivity contribution in [2.75, 3.05) is 49.6 Å². The first-order valence-electron chi connectivity index (χ1n) is 14.3. The summed E-state index contributed by atoms with van der Waals surface area (Å²) < 4.78 is 10.9. The fourth-order valence-electron chi connectivity index (χ4n) is 4.75. The molecular weight excluding hydrogens is 514 g/mol. The molecular formula is C29H41N5O4S. The van der Waals surface area contributed by atoms with E-state index in [9.17, 15) is 9.59 Å². The van der Waals surface area contributed by atoms with Crippen LogP contribution in [0.4, 0.5) is 11.4 Å². The van der Waals surface area contributed by atoms with Gasteiger partial charge in [-0.1, -0.05) is 26.1 Å². The van der Waals surface area contributed by atoms with Gasteiger partial charge in [-0.15, -0.1) is 0 Å². The molecule has 10 heteroatoms. The smallest absolute Gasteiger partial charge is 0.277 e. The third-order valence-electron chi connectivity index (χ3n) is 7.05. The maximum absolute atomic E-state index is 13.1. The molecule has 1 aromatic carbocycles. The van der Waals surface area contributed by atoms with Crippen molar-refractivity contribution < 1.29 is 18.7 Å². The van der Waals surface area contributed by atoms with Crippen molar-refractivity contribution in [2.45, 2.75) is 64.7 Å². The van der Waals surface area contributed by atoms with Gasteiger partial charge in [0.25, 0.3) is 11.8 Å². The molecule has 2 amide bonds. The summed E-state index contributed by atoms with van der Waals surface area (Å²) in [7, 11) is 0. The van der Waals surface area contributed by atoms with Crippen LogP contribution in [-0.2, 0) is 4.74 Å². The van der Waals surface area contributed by atoms with Gasteiger partial charge in [0.15, 0.2) is 11.6 Å². The van der Waals surface area contributed by atoms with Crippen LogP contribution in [0.25, 0.3) is 0 Å². The second kappa shape index (κ2) is 14.4. The summed E-state index contributed by atoms with van der Waals surface area (Å²) in [6.07, 6.45) is 8.12. The van der Waals surface area contributed by atoms with Crippen LogP contribution in [0.2, 0.25) is 0 Å². The van der Waals surface area contributed by atoms with Gasteiger partial charge >= 0.3 is 0 Å². The number of hydrogen-bond acceptors (Lipinski definition) is 7. The highest BCUT2D eigenvalue weighted by molar-refractivity contribution is 7.80.